The van der Waals surface area contributed by atoms with Gasteiger partial charge in [0, 0.05) is 21.9 Å². The van der Waals surface area contributed by atoms with Crippen molar-refractivity contribution >= 4 is 50.9 Å². The minimum Gasteiger partial charge on any atom is -0.495 e. The molecular weight excluding hydrogens is 442 g/mol. The first-order valence-electron chi connectivity index (χ1n) is 10.2. The molecular formula is C26H18ClNO5. The molecule has 6 nitrogen and oxygen atoms in total. The second-order valence-electron chi connectivity index (χ2n) is 7.49. The predicted molar refractivity (Wildman–Crippen MR) is 127 cm³/mol. The number of aryl methyl sites for hydroxylation is 1. The summed E-state index contributed by atoms with van der Waals surface area (Å²) in [5.41, 5.74) is 2.37. The van der Waals surface area contributed by atoms with Crippen molar-refractivity contribution < 1.29 is 23.2 Å². The molecule has 5 aromatic rings. The van der Waals surface area contributed by atoms with E-state index in [4.69, 9.17) is 25.2 Å². The lowest BCUT2D eigenvalue weighted by Crippen LogP contribution is -2.14. The number of amides is 1. The van der Waals surface area contributed by atoms with Gasteiger partial charge in [-0.05, 0) is 43.3 Å². The molecule has 2 aromatic heterocycles. The van der Waals surface area contributed by atoms with Crippen LogP contribution in [0.25, 0.3) is 21.9 Å². The van der Waals surface area contributed by atoms with Crippen LogP contribution >= 0.6 is 11.6 Å². The van der Waals surface area contributed by atoms with Gasteiger partial charge < -0.3 is 18.9 Å². The molecule has 0 atom stereocenters. The summed E-state index contributed by atoms with van der Waals surface area (Å²) >= 11 is 6.21. The first kappa shape index (κ1) is 20.8. The van der Waals surface area contributed by atoms with E-state index in [-0.39, 0.29) is 17.2 Å². The quantitative estimate of drug-likeness (QED) is 0.298. The van der Waals surface area contributed by atoms with E-state index in [0.29, 0.717) is 38.5 Å². The van der Waals surface area contributed by atoms with E-state index in [1.54, 1.807) is 42.5 Å². The molecule has 5 rings (SSSR count). The van der Waals surface area contributed by atoms with Crippen molar-refractivity contribution in [2.75, 3.05) is 12.4 Å². The summed E-state index contributed by atoms with van der Waals surface area (Å²) in [5.74, 6) is -0.275. The number of benzene rings is 3. The fraction of sp³-hybridized carbons (Fsp3) is 0.0769. The lowest BCUT2D eigenvalue weighted by atomic mass is 10.1. The Balaban J connectivity index is 1.58. The molecule has 0 aliphatic heterocycles. The number of hydrogen-bond acceptors (Lipinski definition) is 5. The molecule has 2 heterocycles. The molecule has 33 heavy (non-hydrogen) atoms. The molecule has 0 aliphatic carbocycles. The van der Waals surface area contributed by atoms with Crippen LogP contribution < -0.4 is 10.1 Å². The fourth-order valence-electron chi connectivity index (χ4n) is 3.83. The molecule has 0 unspecified atom stereocenters. The van der Waals surface area contributed by atoms with Crippen LogP contribution in [0.3, 0.4) is 0 Å². The summed E-state index contributed by atoms with van der Waals surface area (Å²) in [6, 6.07) is 19.2. The van der Waals surface area contributed by atoms with Crippen molar-refractivity contribution in [1.29, 1.82) is 0 Å². The highest BCUT2D eigenvalue weighted by atomic mass is 35.5. The number of fused-ring (bicyclic) bond motifs is 2. The van der Waals surface area contributed by atoms with Crippen LogP contribution in [0, 0.1) is 6.92 Å². The Kier molecular flexibility index (Phi) is 5.15. The Bertz CT molecular complexity index is 1550. The first-order valence-corrected chi connectivity index (χ1v) is 10.5. The number of ether oxygens (including phenoxy) is 1. The number of furan rings is 2. The Morgan fingerprint density at radius 3 is 2.18 bits per heavy atom. The van der Waals surface area contributed by atoms with Crippen LogP contribution in [0.4, 0.5) is 5.69 Å². The molecule has 0 bridgehead atoms. The molecule has 0 radical (unpaired) electrons. The molecule has 164 valence electrons. The molecule has 3 aromatic carbocycles. The van der Waals surface area contributed by atoms with E-state index in [9.17, 15) is 9.59 Å². The Morgan fingerprint density at radius 1 is 0.879 bits per heavy atom. The van der Waals surface area contributed by atoms with Crippen LogP contribution in [0.2, 0.25) is 5.02 Å². The van der Waals surface area contributed by atoms with E-state index >= 15 is 0 Å². The topological polar surface area (TPSA) is 81.7 Å². The van der Waals surface area contributed by atoms with Crippen molar-refractivity contribution in [2.24, 2.45) is 0 Å². The number of hydrogen-bond donors (Lipinski definition) is 1. The summed E-state index contributed by atoms with van der Waals surface area (Å²) in [6.45, 7) is 1.82. The highest BCUT2D eigenvalue weighted by Crippen LogP contribution is 2.35. The number of nitrogens with one attached hydrogen (secondary N) is 1. The van der Waals surface area contributed by atoms with Crippen LogP contribution in [-0.4, -0.2) is 18.8 Å². The van der Waals surface area contributed by atoms with Crippen molar-refractivity contribution in [2.45, 2.75) is 6.92 Å². The van der Waals surface area contributed by atoms with Gasteiger partial charge in [-0.15, -0.1) is 0 Å². The zero-order valence-electron chi connectivity index (χ0n) is 17.8. The van der Waals surface area contributed by atoms with Crippen molar-refractivity contribution in [1.82, 2.24) is 0 Å². The van der Waals surface area contributed by atoms with Crippen LogP contribution in [-0.2, 0) is 0 Å². The van der Waals surface area contributed by atoms with Gasteiger partial charge >= 0.3 is 0 Å². The normalized spacial score (nSPS) is 11.1. The van der Waals surface area contributed by atoms with Crippen LogP contribution in [0.1, 0.15) is 32.2 Å². The average Bonchev–Trinajstić information content (AvgIpc) is 3.37. The second-order valence-corrected chi connectivity index (χ2v) is 7.89. The summed E-state index contributed by atoms with van der Waals surface area (Å²) in [5, 5.41) is 4.58. The highest BCUT2D eigenvalue weighted by Gasteiger charge is 2.26. The lowest BCUT2D eigenvalue weighted by Gasteiger charge is -2.07. The molecule has 1 N–H and O–H groups in total. The molecule has 7 heteroatoms. The minimum atomic E-state index is -0.475. The standard InChI is InChI=1S/C26H18ClNO5/c1-14-16-7-3-5-9-19(16)32-24(14)26(30)28-22-17-8-4-6-10-20(17)33-25(22)23(29)15-11-12-21(31-2)18(27)13-15/h3-13H,1-2H3,(H,28,30). The number of halogens is 1. The van der Waals surface area contributed by atoms with Crippen molar-refractivity contribution in [3.63, 3.8) is 0 Å². The highest BCUT2D eigenvalue weighted by molar-refractivity contribution is 6.32. The molecule has 0 fully saturated rings. The van der Waals surface area contributed by atoms with Crippen LogP contribution in [0.5, 0.6) is 5.75 Å². The van der Waals surface area contributed by atoms with Crippen LogP contribution in [0.15, 0.2) is 75.6 Å². The van der Waals surface area contributed by atoms with E-state index in [2.05, 4.69) is 5.32 Å². The molecule has 1 amide bonds. The maximum absolute atomic E-state index is 13.3. The third kappa shape index (κ3) is 3.54. The number of ketones is 1. The Hall–Kier alpha value is -4.03. The summed E-state index contributed by atoms with van der Waals surface area (Å²) in [7, 11) is 1.50. The van der Waals surface area contributed by atoms with Gasteiger partial charge in [-0.3, -0.25) is 9.59 Å². The smallest absolute Gasteiger partial charge is 0.291 e. The van der Waals surface area contributed by atoms with Gasteiger partial charge in [0.25, 0.3) is 5.91 Å². The van der Waals surface area contributed by atoms with Crippen molar-refractivity contribution in [3.05, 3.63) is 94.4 Å². The number of methoxy groups -OCH3 is 1. The number of anilines is 1. The largest absolute Gasteiger partial charge is 0.495 e. The molecule has 0 aliphatic rings. The number of carbonyl (C=O) groups is 2. The molecule has 0 spiro atoms. The Labute approximate surface area is 193 Å². The van der Waals surface area contributed by atoms with Gasteiger partial charge in [0.05, 0.1) is 17.8 Å². The minimum absolute atomic E-state index is 0.000419. The van der Waals surface area contributed by atoms with Gasteiger partial charge in [-0.2, -0.15) is 0 Å². The predicted octanol–water partition coefficient (Wildman–Crippen LogP) is 6.63. The zero-order chi connectivity index (χ0) is 23.1. The van der Waals surface area contributed by atoms with Crippen molar-refractivity contribution in [3.8, 4) is 5.75 Å². The molecule has 0 saturated carbocycles. The molecule has 0 saturated heterocycles. The SMILES string of the molecule is COc1ccc(C(=O)c2oc3ccccc3c2NC(=O)c2oc3ccccc3c2C)cc1Cl. The maximum atomic E-state index is 13.3. The summed E-state index contributed by atoms with van der Waals surface area (Å²) in [6.07, 6.45) is 0. The summed E-state index contributed by atoms with van der Waals surface area (Å²) in [4.78, 5) is 26.5. The fourth-order valence-corrected chi connectivity index (χ4v) is 4.09. The first-order chi connectivity index (χ1) is 16.0. The van der Waals surface area contributed by atoms with Gasteiger partial charge in [-0.25, -0.2) is 0 Å². The van der Waals surface area contributed by atoms with E-state index in [0.717, 1.165) is 5.39 Å². The van der Waals surface area contributed by atoms with Gasteiger partial charge in [0.1, 0.15) is 16.9 Å². The number of rotatable bonds is 5. The third-order valence-corrected chi connectivity index (χ3v) is 5.80. The summed E-state index contributed by atoms with van der Waals surface area (Å²) < 4.78 is 16.8. The zero-order valence-corrected chi connectivity index (χ0v) is 18.5. The number of para-hydroxylation sites is 2. The average molecular weight is 460 g/mol. The van der Waals surface area contributed by atoms with E-state index in [1.807, 2.05) is 25.1 Å². The lowest BCUT2D eigenvalue weighted by molar-refractivity contribution is 0.0997. The maximum Gasteiger partial charge on any atom is 0.291 e. The monoisotopic (exact) mass is 459 g/mol. The second kappa shape index (κ2) is 8.15. The number of carbonyl (C=O) groups excluding carboxylic acids is 2. The van der Waals surface area contributed by atoms with Gasteiger partial charge in [-0.1, -0.05) is 41.9 Å². The van der Waals surface area contributed by atoms with Gasteiger partial charge in [0.2, 0.25) is 5.78 Å². The third-order valence-electron chi connectivity index (χ3n) is 5.50. The van der Waals surface area contributed by atoms with Gasteiger partial charge in [0.15, 0.2) is 11.5 Å². The van der Waals surface area contributed by atoms with E-state index in [1.165, 1.54) is 13.2 Å². The Morgan fingerprint density at radius 2 is 1.52 bits per heavy atom. The van der Waals surface area contributed by atoms with E-state index < -0.39 is 11.7 Å².